The second-order valence-corrected chi connectivity index (χ2v) is 6.59. The molecule has 142 valence electrons. The van der Waals surface area contributed by atoms with Crippen LogP contribution in [0.15, 0.2) is 31.1 Å². The van der Waals surface area contributed by atoms with Crippen LogP contribution in [-0.2, 0) is 7.05 Å². The number of nitrogens with zero attached hydrogens (tertiary/aromatic N) is 6. The van der Waals surface area contributed by atoms with Crippen LogP contribution in [0.5, 0.6) is 0 Å². The van der Waals surface area contributed by atoms with E-state index in [0.29, 0.717) is 17.3 Å². The van der Waals surface area contributed by atoms with E-state index in [1.165, 1.54) is 17.9 Å². The molecule has 1 fully saturated rings. The summed E-state index contributed by atoms with van der Waals surface area (Å²) in [4.78, 5) is 41.5. The molecule has 10 nitrogen and oxygen atoms in total. The summed E-state index contributed by atoms with van der Waals surface area (Å²) in [6.07, 6.45) is 9.86. The van der Waals surface area contributed by atoms with Crippen molar-refractivity contribution in [2.24, 2.45) is 7.05 Å². The summed E-state index contributed by atoms with van der Waals surface area (Å²) in [5, 5.41) is 9.83. The molecule has 3 aromatic rings. The Kier molecular flexibility index (Phi) is 4.52. The van der Waals surface area contributed by atoms with E-state index in [1.54, 1.807) is 31.8 Å². The van der Waals surface area contributed by atoms with E-state index < -0.39 is 5.91 Å². The molecule has 3 heterocycles. The Labute approximate surface area is 160 Å². The van der Waals surface area contributed by atoms with Gasteiger partial charge in [0.2, 0.25) is 0 Å². The first-order chi connectivity index (χ1) is 13.5. The molecule has 3 aromatic heterocycles. The average Bonchev–Trinajstić information content (AvgIpc) is 3.46. The number of Topliss-reactive ketones (excluding diaryl/α,β-unsaturated/α-hetero) is 1. The molecule has 0 bridgehead atoms. The first-order valence-corrected chi connectivity index (χ1v) is 8.76. The number of nitrogens with one attached hydrogen (secondary N) is 2. The van der Waals surface area contributed by atoms with Gasteiger partial charge in [0.15, 0.2) is 23.0 Å². The zero-order valence-electron chi connectivity index (χ0n) is 15.4. The fourth-order valence-electron chi connectivity index (χ4n) is 2.75. The summed E-state index contributed by atoms with van der Waals surface area (Å²) in [6, 6.07) is 0. The second-order valence-electron chi connectivity index (χ2n) is 6.59. The van der Waals surface area contributed by atoms with Crippen molar-refractivity contribution < 1.29 is 9.59 Å². The lowest BCUT2D eigenvalue weighted by Crippen LogP contribution is -2.18. The van der Waals surface area contributed by atoms with Crippen LogP contribution < -0.4 is 10.6 Å². The number of aryl methyl sites for hydroxylation is 1. The zero-order valence-corrected chi connectivity index (χ0v) is 15.4. The normalized spacial score (nSPS) is 13.2. The van der Waals surface area contributed by atoms with Gasteiger partial charge in [0, 0.05) is 26.1 Å². The summed E-state index contributed by atoms with van der Waals surface area (Å²) in [7, 11) is 1.68. The molecule has 0 atom stereocenters. The smallest absolute Gasteiger partial charge is 0.278 e. The molecule has 0 aromatic carbocycles. The largest absolute Gasteiger partial charge is 0.336 e. The predicted octanol–water partition coefficient (Wildman–Crippen LogP) is 2.08. The van der Waals surface area contributed by atoms with Gasteiger partial charge < -0.3 is 10.6 Å². The number of hydrogen-bond donors (Lipinski definition) is 2. The third-order valence-corrected chi connectivity index (χ3v) is 4.24. The minimum atomic E-state index is -0.482. The van der Waals surface area contributed by atoms with Crippen molar-refractivity contribution in [3.05, 3.63) is 48.2 Å². The first kappa shape index (κ1) is 17.7. The molecule has 0 spiro atoms. The van der Waals surface area contributed by atoms with Crippen molar-refractivity contribution in [3.63, 3.8) is 0 Å². The minimum Gasteiger partial charge on any atom is -0.336 e. The molecule has 1 saturated carbocycles. The van der Waals surface area contributed by atoms with Crippen LogP contribution in [-0.4, -0.2) is 41.4 Å². The van der Waals surface area contributed by atoms with Gasteiger partial charge in [-0.1, -0.05) is 0 Å². The van der Waals surface area contributed by atoms with E-state index in [2.05, 4.69) is 35.7 Å². The summed E-state index contributed by atoms with van der Waals surface area (Å²) in [5.74, 6) is -0.109. The summed E-state index contributed by atoms with van der Waals surface area (Å²) < 4.78 is 1.47. The lowest BCUT2D eigenvalue weighted by molar-refractivity contribution is 0.101. The Balaban J connectivity index is 1.67. The summed E-state index contributed by atoms with van der Waals surface area (Å²) in [6.45, 7) is 1.40. The van der Waals surface area contributed by atoms with Gasteiger partial charge in [-0.3, -0.25) is 14.3 Å². The maximum Gasteiger partial charge on any atom is 0.278 e. The van der Waals surface area contributed by atoms with E-state index in [-0.39, 0.29) is 23.0 Å². The fourth-order valence-corrected chi connectivity index (χ4v) is 2.75. The third-order valence-electron chi connectivity index (χ3n) is 4.24. The molecule has 1 aliphatic rings. The van der Waals surface area contributed by atoms with Gasteiger partial charge in [-0.05, 0) is 12.8 Å². The lowest BCUT2D eigenvalue weighted by atomic mass is 10.2. The number of carbonyl (C=O) groups excluding carboxylic acids is 2. The van der Waals surface area contributed by atoms with Crippen LogP contribution in [0.4, 0.5) is 17.2 Å². The predicted molar refractivity (Wildman–Crippen MR) is 100 cm³/mol. The van der Waals surface area contributed by atoms with Gasteiger partial charge in [0.1, 0.15) is 6.33 Å². The molecule has 0 radical (unpaired) electrons. The highest BCUT2D eigenvalue weighted by Crippen LogP contribution is 2.39. The fraction of sp³-hybridized carbons (Fsp3) is 0.278. The zero-order chi connectivity index (χ0) is 19.7. The molecule has 0 aliphatic heterocycles. The molecule has 0 saturated heterocycles. The molecular formula is C18H18N8O2. The van der Waals surface area contributed by atoms with Gasteiger partial charge in [-0.2, -0.15) is 5.10 Å². The first-order valence-electron chi connectivity index (χ1n) is 8.76. The molecular weight excluding hydrogens is 360 g/mol. The van der Waals surface area contributed by atoms with Crippen molar-refractivity contribution >= 4 is 28.9 Å². The number of rotatable bonds is 6. The van der Waals surface area contributed by atoms with Crippen molar-refractivity contribution in [2.45, 2.75) is 25.7 Å². The summed E-state index contributed by atoms with van der Waals surface area (Å²) in [5.41, 5.74) is 2.00. The van der Waals surface area contributed by atoms with E-state index in [0.717, 1.165) is 18.5 Å². The Hall–Kier alpha value is -3.69. The summed E-state index contributed by atoms with van der Waals surface area (Å²) >= 11 is 0. The second kappa shape index (κ2) is 7.14. The number of aromatic nitrogens is 6. The average molecular weight is 378 g/mol. The van der Waals surface area contributed by atoms with Crippen molar-refractivity contribution in [1.82, 2.24) is 29.7 Å². The quantitative estimate of drug-likeness (QED) is 0.624. The molecule has 2 N–H and O–H groups in total. The lowest BCUT2D eigenvalue weighted by Gasteiger charge is -2.11. The van der Waals surface area contributed by atoms with Crippen LogP contribution in [0.2, 0.25) is 0 Å². The molecule has 10 heteroatoms. The van der Waals surface area contributed by atoms with Gasteiger partial charge in [-0.15, -0.1) is 0 Å². The number of hydrogen-bond acceptors (Lipinski definition) is 8. The minimum absolute atomic E-state index is 0.131. The Morgan fingerprint density at radius 2 is 1.89 bits per heavy atom. The van der Waals surface area contributed by atoms with E-state index in [9.17, 15) is 9.59 Å². The molecule has 28 heavy (non-hydrogen) atoms. The Morgan fingerprint density at radius 1 is 1.14 bits per heavy atom. The van der Waals surface area contributed by atoms with Crippen molar-refractivity contribution in [3.8, 4) is 0 Å². The maximum atomic E-state index is 13.0. The Morgan fingerprint density at radius 3 is 2.57 bits per heavy atom. The van der Waals surface area contributed by atoms with E-state index in [4.69, 9.17) is 0 Å². The molecule has 1 amide bonds. The van der Waals surface area contributed by atoms with Gasteiger partial charge in [-0.25, -0.2) is 19.9 Å². The van der Waals surface area contributed by atoms with Crippen molar-refractivity contribution in [2.75, 3.05) is 10.6 Å². The highest BCUT2D eigenvalue weighted by atomic mass is 16.2. The van der Waals surface area contributed by atoms with Crippen LogP contribution in [0, 0.1) is 0 Å². The maximum absolute atomic E-state index is 13.0. The number of carbonyl (C=O) groups is 2. The number of anilines is 3. The molecule has 1 aliphatic carbocycles. The van der Waals surface area contributed by atoms with Gasteiger partial charge >= 0.3 is 0 Å². The standard InChI is InChI=1S/C18H18N8O2/c1-10(27)15-14(8-26(2)25-15)24-18(28)16-17(22-12-5-19-9-20-6-12)21-7-13(23-16)11-3-4-11/h5-9,11H,3-4H2,1-2H3,(H,21,22)(H,24,28). The highest BCUT2D eigenvalue weighted by molar-refractivity contribution is 6.09. The molecule has 0 unspecified atom stereocenters. The van der Waals surface area contributed by atoms with E-state index >= 15 is 0 Å². The monoisotopic (exact) mass is 378 g/mol. The topological polar surface area (TPSA) is 128 Å². The van der Waals surface area contributed by atoms with Crippen LogP contribution in [0.1, 0.15) is 52.4 Å². The highest BCUT2D eigenvalue weighted by Gasteiger charge is 2.28. The van der Waals surface area contributed by atoms with Crippen LogP contribution in [0.25, 0.3) is 0 Å². The number of amides is 1. The Bertz CT molecular complexity index is 1040. The SMILES string of the molecule is CC(=O)c1nn(C)cc1NC(=O)c1nc(C2CC2)cnc1Nc1cncnc1. The van der Waals surface area contributed by atoms with Crippen LogP contribution >= 0.6 is 0 Å². The number of ketones is 1. The third kappa shape index (κ3) is 3.70. The van der Waals surface area contributed by atoms with Gasteiger partial charge in [0.05, 0.1) is 35.7 Å². The van der Waals surface area contributed by atoms with Crippen molar-refractivity contribution in [1.29, 1.82) is 0 Å². The molecule has 4 rings (SSSR count). The van der Waals surface area contributed by atoms with Gasteiger partial charge in [0.25, 0.3) is 5.91 Å². The van der Waals surface area contributed by atoms with E-state index in [1.807, 2.05) is 0 Å². The van der Waals surface area contributed by atoms with Crippen LogP contribution in [0.3, 0.4) is 0 Å².